The molecule has 0 saturated carbocycles. The number of aromatic nitrogens is 5. The van der Waals surface area contributed by atoms with Gasteiger partial charge in [0, 0.05) is 35.5 Å². The minimum Gasteiger partial charge on any atom is -0.388 e. The average molecular weight is 440 g/mol. The highest BCUT2D eigenvalue weighted by atomic mass is 19.1. The molecular weight excluding hydrogens is 422 g/mol. The van der Waals surface area contributed by atoms with Crippen molar-refractivity contribution in [2.45, 2.75) is 25.1 Å². The second-order valence-electron chi connectivity index (χ2n) is 7.35. The molecule has 2 aromatic heterocycles. The van der Waals surface area contributed by atoms with Crippen molar-refractivity contribution in [1.82, 2.24) is 24.5 Å². The maximum Gasteiger partial charge on any atom is 0.269 e. The van der Waals surface area contributed by atoms with Gasteiger partial charge in [0.25, 0.3) is 5.69 Å². The van der Waals surface area contributed by atoms with E-state index in [0.717, 1.165) is 12.1 Å². The predicted octanol–water partition coefficient (Wildman–Crippen LogP) is 3.15. The maximum absolute atomic E-state index is 14.8. The molecule has 4 rings (SSSR count). The molecule has 4 aromatic rings. The Bertz CT molecular complexity index is 1240. The van der Waals surface area contributed by atoms with Crippen molar-refractivity contribution >= 4 is 5.69 Å². The van der Waals surface area contributed by atoms with Crippen LogP contribution in [0.5, 0.6) is 0 Å². The highest BCUT2D eigenvalue weighted by molar-refractivity contribution is 5.60. The molecule has 0 aliphatic carbocycles. The van der Waals surface area contributed by atoms with Crippen molar-refractivity contribution in [2.75, 3.05) is 0 Å². The van der Waals surface area contributed by atoms with Crippen LogP contribution in [0.25, 0.3) is 11.3 Å². The third kappa shape index (κ3) is 3.85. The molecule has 2 aromatic carbocycles. The standard InChI is InChI=1S/C21H18F2N6O3/c1-21(17-7-4-15(22)10-18(17)23,20(30)11-27-13-24-12-25-27)28-9-8-19(26-28)14-2-5-16(6-3-14)29(31)32/h2-10,12-13,20,30H,11H2,1H3/t20-,21-/m1/s1. The number of aliphatic hydroxyl groups excluding tert-OH is 1. The lowest BCUT2D eigenvalue weighted by atomic mass is 9.85. The summed E-state index contributed by atoms with van der Waals surface area (Å²) < 4.78 is 31.2. The maximum atomic E-state index is 14.8. The normalized spacial score (nSPS) is 14.1. The number of hydrogen-bond donors (Lipinski definition) is 1. The van der Waals surface area contributed by atoms with Gasteiger partial charge in [0.1, 0.15) is 35.9 Å². The minimum atomic E-state index is -1.44. The molecule has 164 valence electrons. The number of nitrogens with zero attached hydrogens (tertiary/aromatic N) is 6. The van der Waals surface area contributed by atoms with E-state index in [1.165, 1.54) is 40.2 Å². The lowest BCUT2D eigenvalue weighted by Gasteiger charge is -2.35. The van der Waals surface area contributed by atoms with Crippen molar-refractivity contribution in [3.8, 4) is 11.3 Å². The third-order valence-electron chi connectivity index (χ3n) is 5.39. The molecule has 1 N–H and O–H groups in total. The van der Waals surface area contributed by atoms with Crippen LogP contribution >= 0.6 is 0 Å². The van der Waals surface area contributed by atoms with Crippen LogP contribution in [-0.2, 0) is 12.1 Å². The average Bonchev–Trinajstić information content (AvgIpc) is 3.46. The number of nitro benzene ring substituents is 1. The summed E-state index contributed by atoms with van der Waals surface area (Å²) in [5.74, 6) is -1.58. The highest BCUT2D eigenvalue weighted by Crippen LogP contribution is 2.34. The molecule has 0 bridgehead atoms. The van der Waals surface area contributed by atoms with E-state index < -0.39 is 28.2 Å². The van der Waals surface area contributed by atoms with Crippen LogP contribution < -0.4 is 0 Å². The second-order valence-corrected chi connectivity index (χ2v) is 7.35. The first kappa shape index (κ1) is 21.2. The van der Waals surface area contributed by atoms with Gasteiger partial charge >= 0.3 is 0 Å². The molecule has 32 heavy (non-hydrogen) atoms. The smallest absolute Gasteiger partial charge is 0.269 e. The summed E-state index contributed by atoms with van der Waals surface area (Å²) in [6.45, 7) is 1.55. The first-order valence-electron chi connectivity index (χ1n) is 9.56. The van der Waals surface area contributed by atoms with E-state index >= 15 is 0 Å². The largest absolute Gasteiger partial charge is 0.388 e. The quantitative estimate of drug-likeness (QED) is 0.349. The molecule has 9 nitrogen and oxygen atoms in total. The molecule has 0 saturated heterocycles. The van der Waals surface area contributed by atoms with Gasteiger partial charge in [-0.3, -0.25) is 19.5 Å². The van der Waals surface area contributed by atoms with E-state index in [1.807, 2.05) is 0 Å². The number of rotatable bonds is 7. The third-order valence-corrected chi connectivity index (χ3v) is 5.39. The molecule has 2 heterocycles. The summed E-state index contributed by atoms with van der Waals surface area (Å²) in [7, 11) is 0. The van der Waals surface area contributed by atoms with Gasteiger partial charge in [-0.15, -0.1) is 0 Å². The number of non-ortho nitro benzene ring substituents is 1. The van der Waals surface area contributed by atoms with Gasteiger partial charge < -0.3 is 5.11 Å². The Kier molecular flexibility index (Phi) is 5.49. The highest BCUT2D eigenvalue weighted by Gasteiger charge is 2.40. The van der Waals surface area contributed by atoms with E-state index in [0.29, 0.717) is 11.3 Å². The van der Waals surface area contributed by atoms with Crippen LogP contribution in [0, 0.1) is 21.7 Å². The van der Waals surface area contributed by atoms with Gasteiger partial charge in [-0.1, -0.05) is 6.07 Å². The van der Waals surface area contributed by atoms with Gasteiger partial charge in [-0.05, 0) is 31.2 Å². The first-order valence-corrected chi connectivity index (χ1v) is 9.56. The van der Waals surface area contributed by atoms with Gasteiger partial charge in [-0.25, -0.2) is 13.8 Å². The van der Waals surface area contributed by atoms with Gasteiger partial charge in [0.2, 0.25) is 0 Å². The number of halogens is 2. The molecular formula is C21H18F2N6O3. The molecule has 0 unspecified atom stereocenters. The Hall–Kier alpha value is -3.99. The monoisotopic (exact) mass is 440 g/mol. The van der Waals surface area contributed by atoms with E-state index in [1.54, 1.807) is 31.3 Å². The predicted molar refractivity (Wildman–Crippen MR) is 109 cm³/mol. The molecule has 0 fully saturated rings. The SMILES string of the molecule is C[C@@](c1ccc(F)cc1F)([C@H](O)Cn1cncn1)n1ccc(-c2ccc([N+](=O)[O-])cc2)n1. The van der Waals surface area contributed by atoms with Gasteiger partial charge in [-0.2, -0.15) is 10.2 Å². The van der Waals surface area contributed by atoms with E-state index in [-0.39, 0.29) is 17.8 Å². The van der Waals surface area contributed by atoms with Crippen LogP contribution in [0.2, 0.25) is 0 Å². The number of aliphatic hydroxyl groups is 1. The Labute approximate surface area is 180 Å². The van der Waals surface area contributed by atoms with Crippen molar-refractivity contribution in [1.29, 1.82) is 0 Å². The van der Waals surface area contributed by atoms with E-state index in [4.69, 9.17) is 0 Å². The molecule has 0 spiro atoms. The van der Waals surface area contributed by atoms with Crippen LogP contribution in [0.3, 0.4) is 0 Å². The van der Waals surface area contributed by atoms with Gasteiger partial charge in [0.05, 0.1) is 17.2 Å². The van der Waals surface area contributed by atoms with Crippen LogP contribution in [0.4, 0.5) is 14.5 Å². The summed E-state index contributed by atoms with van der Waals surface area (Å²) >= 11 is 0. The van der Waals surface area contributed by atoms with Crippen molar-refractivity contribution in [2.24, 2.45) is 0 Å². The van der Waals surface area contributed by atoms with E-state index in [9.17, 15) is 24.0 Å². The van der Waals surface area contributed by atoms with E-state index in [2.05, 4.69) is 15.2 Å². The fourth-order valence-electron chi connectivity index (χ4n) is 3.53. The summed E-state index contributed by atoms with van der Waals surface area (Å²) in [5.41, 5.74) is -0.411. The second kappa shape index (κ2) is 8.27. The summed E-state index contributed by atoms with van der Waals surface area (Å²) in [4.78, 5) is 14.2. The van der Waals surface area contributed by atoms with Gasteiger partial charge in [0.15, 0.2) is 0 Å². The lowest BCUT2D eigenvalue weighted by molar-refractivity contribution is -0.384. The minimum absolute atomic E-state index is 0.0277. The number of hydrogen-bond acceptors (Lipinski definition) is 6. The number of nitro groups is 1. The van der Waals surface area contributed by atoms with Crippen molar-refractivity contribution in [3.05, 3.63) is 94.7 Å². The molecule has 0 aliphatic rings. The molecule has 2 atom stereocenters. The van der Waals surface area contributed by atoms with Crippen molar-refractivity contribution < 1.29 is 18.8 Å². The van der Waals surface area contributed by atoms with Crippen LogP contribution in [-0.4, -0.2) is 40.7 Å². The Morgan fingerprint density at radius 2 is 1.94 bits per heavy atom. The van der Waals surface area contributed by atoms with Crippen LogP contribution in [0.15, 0.2) is 67.4 Å². The number of benzene rings is 2. The van der Waals surface area contributed by atoms with Crippen LogP contribution in [0.1, 0.15) is 12.5 Å². The Morgan fingerprint density at radius 3 is 2.56 bits per heavy atom. The molecule has 0 amide bonds. The zero-order chi connectivity index (χ0) is 22.9. The molecule has 11 heteroatoms. The fourth-order valence-corrected chi connectivity index (χ4v) is 3.53. The zero-order valence-electron chi connectivity index (χ0n) is 16.8. The lowest BCUT2D eigenvalue weighted by Crippen LogP contribution is -2.46. The molecule has 0 aliphatic heterocycles. The summed E-state index contributed by atoms with van der Waals surface area (Å²) in [6.07, 6.45) is 3.05. The summed E-state index contributed by atoms with van der Waals surface area (Å²) in [5, 5.41) is 30.5. The Morgan fingerprint density at radius 1 is 1.19 bits per heavy atom. The fraction of sp³-hybridized carbons (Fsp3) is 0.190. The Balaban J connectivity index is 1.77. The zero-order valence-corrected chi connectivity index (χ0v) is 16.8. The first-order chi connectivity index (χ1) is 15.3. The molecule has 0 radical (unpaired) electrons. The van der Waals surface area contributed by atoms with Crippen molar-refractivity contribution in [3.63, 3.8) is 0 Å². The summed E-state index contributed by atoms with van der Waals surface area (Å²) in [6, 6.07) is 10.6. The topological polar surface area (TPSA) is 112 Å².